The fraction of sp³-hybridized carbons (Fsp3) is 0. The molecule has 1 aliphatic rings. The van der Waals surface area contributed by atoms with E-state index in [1.54, 1.807) is 0 Å². The second-order valence-electron chi connectivity index (χ2n) is 3.16. The second kappa shape index (κ2) is 3.61. The summed E-state index contributed by atoms with van der Waals surface area (Å²) in [7, 11) is 0. The van der Waals surface area contributed by atoms with Gasteiger partial charge in [0.15, 0.2) is 11.6 Å². The summed E-state index contributed by atoms with van der Waals surface area (Å²) in [5, 5.41) is 0. The van der Waals surface area contributed by atoms with E-state index in [-0.39, 0.29) is 17.4 Å². The molecule has 0 N–H and O–H groups in total. The normalized spacial score (nSPS) is 15.4. The predicted molar refractivity (Wildman–Crippen MR) is 53.5 cm³/mol. The van der Waals surface area contributed by atoms with E-state index in [1.807, 2.05) is 0 Å². The van der Waals surface area contributed by atoms with Crippen LogP contribution in [0.2, 0.25) is 0 Å². The van der Waals surface area contributed by atoms with Crippen molar-refractivity contribution < 1.29 is 14.0 Å². The Morgan fingerprint density at radius 3 is 2.27 bits per heavy atom. The third-order valence-corrected chi connectivity index (χ3v) is 2.11. The largest absolute Gasteiger partial charge is 0.290 e. The minimum absolute atomic E-state index is 0.228. The fourth-order valence-electron chi connectivity index (χ4n) is 1.36. The molecule has 1 aromatic rings. The summed E-state index contributed by atoms with van der Waals surface area (Å²) in [5.41, 5.74) is 0.863. The summed E-state index contributed by atoms with van der Waals surface area (Å²) in [6.07, 6.45) is 3.70. The van der Waals surface area contributed by atoms with Gasteiger partial charge in [-0.05, 0) is 35.9 Å². The highest BCUT2D eigenvalue weighted by Gasteiger charge is 2.14. The molecule has 0 fully saturated rings. The van der Waals surface area contributed by atoms with E-state index >= 15 is 0 Å². The fourth-order valence-corrected chi connectivity index (χ4v) is 1.36. The minimum atomic E-state index is -0.371. The van der Waals surface area contributed by atoms with Gasteiger partial charge in [-0.1, -0.05) is 12.1 Å². The Morgan fingerprint density at radius 1 is 0.933 bits per heavy atom. The molecular formula is C12H7FO2. The van der Waals surface area contributed by atoms with Crippen LogP contribution in [0, 0.1) is 5.82 Å². The Morgan fingerprint density at radius 2 is 1.60 bits per heavy atom. The van der Waals surface area contributed by atoms with Gasteiger partial charge < -0.3 is 0 Å². The van der Waals surface area contributed by atoms with E-state index in [0.717, 1.165) is 0 Å². The number of rotatable bonds is 1. The van der Waals surface area contributed by atoms with Crippen LogP contribution in [0.15, 0.2) is 42.5 Å². The molecule has 0 radical (unpaired) electrons. The van der Waals surface area contributed by atoms with Crippen molar-refractivity contribution in [3.63, 3.8) is 0 Å². The van der Waals surface area contributed by atoms with Crippen molar-refractivity contribution in [3.05, 3.63) is 53.9 Å². The monoisotopic (exact) mass is 202 g/mol. The Balaban J connectivity index is 2.43. The summed E-state index contributed by atoms with van der Waals surface area (Å²) in [6.45, 7) is 0. The second-order valence-corrected chi connectivity index (χ2v) is 3.16. The lowest BCUT2D eigenvalue weighted by atomic mass is 9.96. The van der Waals surface area contributed by atoms with Crippen LogP contribution < -0.4 is 0 Å². The van der Waals surface area contributed by atoms with Gasteiger partial charge in [0, 0.05) is 5.57 Å². The van der Waals surface area contributed by atoms with Crippen molar-refractivity contribution >= 4 is 17.1 Å². The number of halogens is 1. The average Bonchev–Trinajstić information content (AvgIpc) is 2.23. The molecular weight excluding hydrogens is 195 g/mol. The minimum Gasteiger partial charge on any atom is -0.290 e. The number of hydrogen-bond donors (Lipinski definition) is 0. The molecule has 2 rings (SSSR count). The van der Waals surface area contributed by atoms with Gasteiger partial charge in [-0.2, -0.15) is 0 Å². The lowest BCUT2D eigenvalue weighted by molar-refractivity contribution is -0.113. The van der Waals surface area contributed by atoms with Crippen LogP contribution in [-0.4, -0.2) is 11.6 Å². The highest BCUT2D eigenvalue weighted by atomic mass is 19.1. The highest BCUT2D eigenvalue weighted by Crippen LogP contribution is 2.19. The lowest BCUT2D eigenvalue weighted by Gasteiger charge is -2.06. The summed E-state index contributed by atoms with van der Waals surface area (Å²) >= 11 is 0. The summed E-state index contributed by atoms with van der Waals surface area (Å²) < 4.78 is 12.6. The number of allylic oxidation sites excluding steroid dienone is 4. The van der Waals surface area contributed by atoms with E-state index in [2.05, 4.69) is 0 Å². The van der Waals surface area contributed by atoms with Crippen LogP contribution in [0.25, 0.3) is 5.57 Å². The number of benzene rings is 1. The van der Waals surface area contributed by atoms with E-state index in [1.165, 1.54) is 42.5 Å². The first-order chi connectivity index (χ1) is 7.16. The average molecular weight is 202 g/mol. The molecule has 0 saturated carbocycles. The molecule has 0 atom stereocenters. The molecule has 2 nitrogen and oxygen atoms in total. The van der Waals surface area contributed by atoms with Crippen molar-refractivity contribution in [1.29, 1.82) is 0 Å². The van der Waals surface area contributed by atoms with Crippen LogP contribution in [0.3, 0.4) is 0 Å². The van der Waals surface area contributed by atoms with Crippen LogP contribution in [0.5, 0.6) is 0 Å². The third-order valence-electron chi connectivity index (χ3n) is 2.11. The van der Waals surface area contributed by atoms with E-state index in [9.17, 15) is 14.0 Å². The van der Waals surface area contributed by atoms with Crippen molar-refractivity contribution in [2.45, 2.75) is 0 Å². The van der Waals surface area contributed by atoms with Crippen LogP contribution >= 0.6 is 0 Å². The summed E-state index contributed by atoms with van der Waals surface area (Å²) in [4.78, 5) is 22.5. The molecule has 1 aromatic carbocycles. The Labute approximate surface area is 85.7 Å². The topological polar surface area (TPSA) is 34.1 Å². The van der Waals surface area contributed by atoms with Gasteiger partial charge in [0.1, 0.15) is 5.82 Å². The molecule has 0 spiro atoms. The molecule has 0 aliphatic heterocycles. The molecule has 0 heterocycles. The maximum atomic E-state index is 12.6. The number of hydrogen-bond acceptors (Lipinski definition) is 2. The van der Waals surface area contributed by atoms with E-state index in [0.29, 0.717) is 11.1 Å². The maximum Gasteiger partial charge on any atom is 0.186 e. The summed E-state index contributed by atoms with van der Waals surface area (Å²) in [5.74, 6) is -0.834. The van der Waals surface area contributed by atoms with Crippen LogP contribution in [0.4, 0.5) is 4.39 Å². The zero-order valence-corrected chi connectivity index (χ0v) is 7.74. The summed E-state index contributed by atoms with van der Waals surface area (Å²) in [6, 6.07) is 5.47. The lowest BCUT2D eigenvalue weighted by Crippen LogP contribution is -2.06. The van der Waals surface area contributed by atoms with Gasteiger partial charge in [-0.25, -0.2) is 4.39 Å². The first-order valence-electron chi connectivity index (χ1n) is 4.41. The van der Waals surface area contributed by atoms with Crippen molar-refractivity contribution in [3.8, 4) is 0 Å². The quantitative estimate of drug-likeness (QED) is 0.652. The molecule has 3 heteroatoms. The first kappa shape index (κ1) is 9.52. The zero-order valence-electron chi connectivity index (χ0n) is 7.74. The van der Waals surface area contributed by atoms with Crippen molar-refractivity contribution in [2.75, 3.05) is 0 Å². The molecule has 0 aromatic heterocycles. The number of carbonyl (C=O) groups is 2. The predicted octanol–water partition coefficient (Wildman–Crippen LogP) is 1.92. The molecule has 15 heavy (non-hydrogen) atoms. The van der Waals surface area contributed by atoms with Crippen LogP contribution in [0.1, 0.15) is 5.56 Å². The Kier molecular flexibility index (Phi) is 2.29. The van der Waals surface area contributed by atoms with Crippen molar-refractivity contribution in [2.24, 2.45) is 0 Å². The molecule has 74 valence electrons. The Bertz CT molecular complexity index is 481. The Hall–Kier alpha value is -2.03. The number of ketones is 2. The molecule has 0 unspecified atom stereocenters. The van der Waals surface area contributed by atoms with Gasteiger partial charge >= 0.3 is 0 Å². The highest BCUT2D eigenvalue weighted by molar-refractivity contribution is 6.33. The maximum absolute atomic E-state index is 12.6. The van der Waals surface area contributed by atoms with Gasteiger partial charge in [0.05, 0.1) is 0 Å². The molecule has 0 amide bonds. The van der Waals surface area contributed by atoms with Gasteiger partial charge in [0.2, 0.25) is 0 Å². The van der Waals surface area contributed by atoms with Crippen molar-refractivity contribution in [1.82, 2.24) is 0 Å². The smallest absolute Gasteiger partial charge is 0.186 e. The van der Waals surface area contributed by atoms with Crippen LogP contribution in [-0.2, 0) is 9.59 Å². The molecule has 1 aliphatic carbocycles. The van der Waals surface area contributed by atoms with E-state index < -0.39 is 0 Å². The number of carbonyl (C=O) groups excluding carboxylic acids is 2. The van der Waals surface area contributed by atoms with Gasteiger partial charge in [0.25, 0.3) is 0 Å². The SMILES string of the molecule is O=C1C=CC(=O)C(c2ccc(F)cc2)=C1. The molecule has 0 saturated heterocycles. The van der Waals surface area contributed by atoms with E-state index in [4.69, 9.17) is 0 Å². The third kappa shape index (κ3) is 1.91. The standard InChI is InChI=1S/C12H7FO2/c13-9-3-1-8(2-4-9)11-7-10(14)5-6-12(11)15/h1-7H. The van der Waals surface area contributed by atoms with Gasteiger partial charge in [-0.15, -0.1) is 0 Å². The molecule has 0 bridgehead atoms. The first-order valence-corrected chi connectivity index (χ1v) is 4.41. The zero-order chi connectivity index (χ0) is 10.8. The van der Waals surface area contributed by atoms with Gasteiger partial charge in [-0.3, -0.25) is 9.59 Å².